The van der Waals surface area contributed by atoms with E-state index >= 15 is 0 Å². The number of hydrogen-bond donors (Lipinski definition) is 1. The molecule has 0 bridgehead atoms. The van der Waals surface area contributed by atoms with Gasteiger partial charge >= 0.3 is 0 Å². The van der Waals surface area contributed by atoms with E-state index in [-0.39, 0.29) is 36.5 Å². The average Bonchev–Trinajstić information content (AvgIpc) is 2.66. The van der Waals surface area contributed by atoms with Crippen LogP contribution < -0.4 is 5.32 Å². The smallest absolute Gasteiger partial charge is 0.246 e. The fourth-order valence-corrected chi connectivity index (χ4v) is 5.65. The van der Waals surface area contributed by atoms with E-state index in [1.807, 2.05) is 4.90 Å². The lowest BCUT2D eigenvalue weighted by molar-refractivity contribution is -0.124. The molecule has 1 aromatic rings. The summed E-state index contributed by atoms with van der Waals surface area (Å²) in [5.41, 5.74) is 0. The van der Waals surface area contributed by atoms with Crippen molar-refractivity contribution < 1.29 is 17.6 Å². The predicted molar refractivity (Wildman–Crippen MR) is 106 cm³/mol. The average molecular weight is 412 g/mol. The van der Waals surface area contributed by atoms with Crippen molar-refractivity contribution in [3.63, 3.8) is 0 Å². The number of halogens is 1. The largest absolute Gasteiger partial charge is 0.352 e. The second kappa shape index (κ2) is 8.88. The molecule has 1 aromatic carbocycles. The van der Waals surface area contributed by atoms with Gasteiger partial charge in [-0.15, -0.1) is 0 Å². The van der Waals surface area contributed by atoms with E-state index in [9.17, 15) is 17.6 Å². The van der Waals surface area contributed by atoms with Gasteiger partial charge in [-0.3, -0.25) is 9.69 Å². The fourth-order valence-electron chi connectivity index (χ4n) is 4.16. The Morgan fingerprint density at radius 3 is 2.50 bits per heavy atom. The molecule has 1 N–H and O–H groups in total. The number of carbonyl (C=O) groups is 1. The second-order valence-electron chi connectivity index (χ2n) is 8.05. The number of amides is 1. The van der Waals surface area contributed by atoms with Crippen molar-refractivity contribution in [1.82, 2.24) is 14.5 Å². The fraction of sp³-hybridized carbons (Fsp3) is 0.650. The molecule has 1 saturated carbocycles. The normalized spacial score (nSPS) is 27.5. The van der Waals surface area contributed by atoms with Gasteiger partial charge in [0, 0.05) is 32.2 Å². The minimum absolute atomic E-state index is 0.00337. The molecular formula is C20H30FN3O3S. The van der Waals surface area contributed by atoms with Crippen molar-refractivity contribution in [2.75, 3.05) is 32.7 Å². The molecule has 0 aromatic heterocycles. The standard InChI is InChI=1S/C20H30FN3O3S/c1-15-6-5-8-18(16(15)2)22-20(25)14-23-10-12-24(13-11-23)28(26,27)19-9-4-3-7-17(19)21/h3-4,7,9,15-16,18H,5-6,8,10-14H2,1-2H3,(H,22,25)/t15-,16+,18-/m1/s1. The van der Waals surface area contributed by atoms with Gasteiger partial charge in [-0.1, -0.05) is 38.8 Å². The van der Waals surface area contributed by atoms with Crippen LogP contribution in [0.5, 0.6) is 0 Å². The van der Waals surface area contributed by atoms with E-state index < -0.39 is 15.8 Å². The number of benzene rings is 1. The first-order valence-corrected chi connectivity index (χ1v) is 11.5. The molecule has 0 unspecified atom stereocenters. The first kappa shape index (κ1) is 21.2. The van der Waals surface area contributed by atoms with Crippen molar-refractivity contribution in [2.24, 2.45) is 11.8 Å². The summed E-state index contributed by atoms with van der Waals surface area (Å²) < 4.78 is 40.5. The summed E-state index contributed by atoms with van der Waals surface area (Å²) in [6, 6.07) is 5.65. The number of carbonyl (C=O) groups excluding carboxylic acids is 1. The number of sulfonamides is 1. The Hall–Kier alpha value is -1.51. The highest BCUT2D eigenvalue weighted by atomic mass is 32.2. The molecule has 3 atom stereocenters. The molecule has 2 aliphatic rings. The van der Waals surface area contributed by atoms with Crippen LogP contribution in [0.15, 0.2) is 29.2 Å². The Kier molecular flexibility index (Phi) is 6.73. The molecule has 156 valence electrons. The summed E-state index contributed by atoms with van der Waals surface area (Å²) in [4.78, 5) is 14.1. The van der Waals surface area contributed by atoms with Crippen LogP contribution in [0.2, 0.25) is 0 Å². The molecule has 1 amide bonds. The summed E-state index contributed by atoms with van der Waals surface area (Å²) >= 11 is 0. The molecule has 1 aliphatic heterocycles. The summed E-state index contributed by atoms with van der Waals surface area (Å²) in [7, 11) is -3.85. The quantitative estimate of drug-likeness (QED) is 0.805. The third kappa shape index (κ3) is 4.72. The number of nitrogens with zero attached hydrogens (tertiary/aromatic N) is 2. The van der Waals surface area contributed by atoms with Gasteiger partial charge < -0.3 is 5.32 Å². The van der Waals surface area contributed by atoms with E-state index in [4.69, 9.17) is 0 Å². The summed E-state index contributed by atoms with van der Waals surface area (Å²) in [6.45, 7) is 6.11. The topological polar surface area (TPSA) is 69.7 Å². The van der Waals surface area contributed by atoms with E-state index in [2.05, 4.69) is 19.2 Å². The summed E-state index contributed by atoms with van der Waals surface area (Å²) in [5, 5.41) is 3.16. The van der Waals surface area contributed by atoms with Crippen molar-refractivity contribution in [3.8, 4) is 0 Å². The third-order valence-electron chi connectivity index (χ3n) is 6.21. The van der Waals surface area contributed by atoms with Gasteiger partial charge in [0.05, 0.1) is 6.54 Å². The molecule has 1 heterocycles. The Labute approximate surface area is 167 Å². The molecule has 28 heavy (non-hydrogen) atoms. The lowest BCUT2D eigenvalue weighted by Crippen LogP contribution is -2.53. The Bertz CT molecular complexity index is 794. The van der Waals surface area contributed by atoms with Gasteiger partial charge in [0.25, 0.3) is 0 Å². The van der Waals surface area contributed by atoms with Crippen molar-refractivity contribution in [2.45, 2.75) is 44.0 Å². The molecule has 1 aliphatic carbocycles. The molecule has 8 heteroatoms. The van der Waals surface area contributed by atoms with Gasteiger partial charge in [-0.25, -0.2) is 12.8 Å². The van der Waals surface area contributed by atoms with Crippen LogP contribution in [-0.4, -0.2) is 62.3 Å². The Morgan fingerprint density at radius 2 is 1.82 bits per heavy atom. The van der Waals surface area contributed by atoms with Gasteiger partial charge in [-0.05, 0) is 30.4 Å². The van der Waals surface area contributed by atoms with Gasteiger partial charge in [0.15, 0.2) is 0 Å². The highest BCUT2D eigenvalue weighted by Crippen LogP contribution is 2.29. The van der Waals surface area contributed by atoms with Crippen LogP contribution >= 0.6 is 0 Å². The van der Waals surface area contributed by atoms with E-state index in [0.717, 1.165) is 18.9 Å². The zero-order valence-corrected chi connectivity index (χ0v) is 17.4. The van der Waals surface area contributed by atoms with Crippen LogP contribution in [0, 0.1) is 17.7 Å². The highest BCUT2D eigenvalue weighted by molar-refractivity contribution is 7.89. The second-order valence-corrected chi connectivity index (χ2v) is 9.96. The lowest BCUT2D eigenvalue weighted by Gasteiger charge is -2.36. The maximum absolute atomic E-state index is 13.9. The number of hydrogen-bond acceptors (Lipinski definition) is 4. The van der Waals surface area contributed by atoms with Gasteiger partial charge in [0.2, 0.25) is 15.9 Å². The molecule has 6 nitrogen and oxygen atoms in total. The van der Waals surface area contributed by atoms with Crippen LogP contribution in [0.3, 0.4) is 0 Å². The maximum atomic E-state index is 13.9. The lowest BCUT2D eigenvalue weighted by atomic mass is 9.78. The van der Waals surface area contributed by atoms with Crippen LogP contribution in [-0.2, 0) is 14.8 Å². The SMILES string of the molecule is C[C@H]1[C@H](C)CCC[C@H]1NC(=O)CN1CCN(S(=O)(=O)c2ccccc2F)CC1. The van der Waals surface area contributed by atoms with E-state index in [1.54, 1.807) is 0 Å². The monoisotopic (exact) mass is 411 g/mol. The summed E-state index contributed by atoms with van der Waals surface area (Å²) in [6.07, 6.45) is 3.38. The van der Waals surface area contributed by atoms with Crippen molar-refractivity contribution >= 4 is 15.9 Å². The molecule has 1 saturated heterocycles. The zero-order chi connectivity index (χ0) is 20.3. The van der Waals surface area contributed by atoms with Crippen molar-refractivity contribution in [3.05, 3.63) is 30.1 Å². The van der Waals surface area contributed by atoms with Gasteiger partial charge in [-0.2, -0.15) is 4.31 Å². The van der Waals surface area contributed by atoms with Gasteiger partial charge in [0.1, 0.15) is 10.7 Å². The zero-order valence-electron chi connectivity index (χ0n) is 16.6. The molecule has 0 radical (unpaired) electrons. The van der Waals surface area contributed by atoms with Crippen LogP contribution in [0.25, 0.3) is 0 Å². The third-order valence-corrected chi connectivity index (χ3v) is 8.14. The number of rotatable bonds is 5. The molecule has 0 spiro atoms. The minimum Gasteiger partial charge on any atom is -0.352 e. The predicted octanol–water partition coefficient (Wildman–Crippen LogP) is 2.07. The van der Waals surface area contributed by atoms with E-state index in [1.165, 1.54) is 28.9 Å². The molecule has 3 rings (SSSR count). The minimum atomic E-state index is -3.85. The molecule has 2 fully saturated rings. The summed E-state index contributed by atoms with van der Waals surface area (Å²) in [5.74, 6) is 0.350. The Morgan fingerprint density at radius 1 is 1.14 bits per heavy atom. The number of piperazine rings is 1. The highest BCUT2D eigenvalue weighted by Gasteiger charge is 2.32. The van der Waals surface area contributed by atoms with E-state index in [0.29, 0.717) is 24.9 Å². The number of nitrogens with one attached hydrogen (secondary N) is 1. The molecular weight excluding hydrogens is 381 g/mol. The first-order valence-electron chi connectivity index (χ1n) is 10.1. The first-order chi connectivity index (χ1) is 13.3. The Balaban J connectivity index is 1.51. The van der Waals surface area contributed by atoms with Crippen LogP contribution in [0.4, 0.5) is 4.39 Å². The van der Waals surface area contributed by atoms with Crippen LogP contribution in [0.1, 0.15) is 33.1 Å². The van der Waals surface area contributed by atoms with Crippen molar-refractivity contribution in [1.29, 1.82) is 0 Å². The maximum Gasteiger partial charge on any atom is 0.246 e.